The third-order valence-electron chi connectivity index (χ3n) is 3.30. The van der Waals surface area contributed by atoms with E-state index in [1.165, 1.54) is 0 Å². The van der Waals surface area contributed by atoms with Crippen molar-refractivity contribution >= 4 is 34.7 Å². The number of amides is 1. The molecule has 0 atom stereocenters. The topological polar surface area (TPSA) is 74.2 Å². The van der Waals surface area contributed by atoms with Crippen LogP contribution in [0.2, 0.25) is 5.02 Å². The third-order valence-corrected chi connectivity index (χ3v) is 3.63. The van der Waals surface area contributed by atoms with Gasteiger partial charge in [-0.1, -0.05) is 23.7 Å². The molecule has 0 aliphatic carbocycles. The van der Waals surface area contributed by atoms with Gasteiger partial charge in [0.25, 0.3) is 5.91 Å². The Hall–Kier alpha value is -3.05. The fourth-order valence-corrected chi connectivity index (χ4v) is 2.34. The van der Waals surface area contributed by atoms with Gasteiger partial charge in [-0.05, 0) is 48.5 Å². The molecule has 0 unspecified atom stereocenters. The number of anilines is 3. The summed E-state index contributed by atoms with van der Waals surface area (Å²) in [5.41, 5.74) is 1.65. The summed E-state index contributed by atoms with van der Waals surface area (Å²) >= 11 is 6.05. The van der Waals surface area contributed by atoms with Gasteiger partial charge >= 0.3 is 0 Å². The van der Waals surface area contributed by atoms with Gasteiger partial charge in [0, 0.05) is 11.9 Å². The first kappa shape index (κ1) is 15.8. The molecule has 6 heteroatoms. The summed E-state index contributed by atoms with van der Waals surface area (Å²) < 4.78 is 0. The van der Waals surface area contributed by atoms with E-state index in [0.717, 1.165) is 5.69 Å². The second-order valence-corrected chi connectivity index (χ2v) is 5.41. The van der Waals surface area contributed by atoms with E-state index in [1.54, 1.807) is 66.9 Å². The van der Waals surface area contributed by atoms with E-state index < -0.39 is 0 Å². The molecule has 2 aromatic carbocycles. The van der Waals surface area contributed by atoms with Crippen LogP contribution in [-0.4, -0.2) is 16.0 Å². The summed E-state index contributed by atoms with van der Waals surface area (Å²) in [5.74, 6) is 0.347. The lowest BCUT2D eigenvalue weighted by Crippen LogP contribution is -2.14. The van der Waals surface area contributed by atoms with Crippen LogP contribution in [0, 0.1) is 0 Å². The molecule has 5 nitrogen and oxygen atoms in total. The zero-order valence-corrected chi connectivity index (χ0v) is 13.3. The fraction of sp³-hybridized carbons (Fsp3) is 0. The molecule has 0 radical (unpaired) electrons. The molecule has 0 aliphatic rings. The second-order valence-electron chi connectivity index (χ2n) is 5.01. The molecule has 0 saturated heterocycles. The lowest BCUT2D eigenvalue weighted by atomic mass is 10.2. The second kappa shape index (κ2) is 7.02. The Kier molecular flexibility index (Phi) is 4.63. The van der Waals surface area contributed by atoms with Crippen molar-refractivity contribution in [3.8, 4) is 5.75 Å². The number of aromatic nitrogens is 1. The minimum Gasteiger partial charge on any atom is -0.508 e. The van der Waals surface area contributed by atoms with Crippen molar-refractivity contribution in [1.29, 1.82) is 0 Å². The van der Waals surface area contributed by atoms with Gasteiger partial charge in [-0.15, -0.1) is 0 Å². The standard InChI is InChI=1S/C18H14ClN3O2/c19-15-5-2-1-4-14(15)18(24)22-16-6-3-11-20-17(16)21-12-7-9-13(23)10-8-12/h1-11,23H,(H,20,21)(H,22,24). The van der Waals surface area contributed by atoms with E-state index in [1.807, 2.05) is 0 Å². The Balaban J connectivity index is 1.83. The maximum Gasteiger partial charge on any atom is 0.257 e. The molecular formula is C18H14ClN3O2. The van der Waals surface area contributed by atoms with E-state index >= 15 is 0 Å². The summed E-state index contributed by atoms with van der Waals surface area (Å²) in [6, 6.07) is 16.8. The molecule has 24 heavy (non-hydrogen) atoms. The first-order chi connectivity index (χ1) is 11.6. The lowest BCUT2D eigenvalue weighted by molar-refractivity contribution is 0.102. The number of phenols is 1. The van der Waals surface area contributed by atoms with Gasteiger partial charge in [0.2, 0.25) is 0 Å². The number of nitrogens with one attached hydrogen (secondary N) is 2. The van der Waals surface area contributed by atoms with Crippen LogP contribution >= 0.6 is 11.6 Å². The summed E-state index contributed by atoms with van der Waals surface area (Å²) in [7, 11) is 0. The van der Waals surface area contributed by atoms with Gasteiger partial charge in [-0.3, -0.25) is 4.79 Å². The number of aromatic hydroxyl groups is 1. The minimum absolute atomic E-state index is 0.175. The summed E-state index contributed by atoms with van der Waals surface area (Å²) in [5, 5.41) is 15.6. The van der Waals surface area contributed by atoms with E-state index in [4.69, 9.17) is 11.6 Å². The van der Waals surface area contributed by atoms with Crippen molar-refractivity contribution < 1.29 is 9.90 Å². The van der Waals surface area contributed by atoms with Crippen LogP contribution in [0.5, 0.6) is 5.75 Å². The number of hydrogen-bond acceptors (Lipinski definition) is 4. The van der Waals surface area contributed by atoms with Crippen molar-refractivity contribution in [3.63, 3.8) is 0 Å². The largest absolute Gasteiger partial charge is 0.508 e. The number of nitrogens with zero attached hydrogens (tertiary/aromatic N) is 1. The SMILES string of the molecule is O=C(Nc1cccnc1Nc1ccc(O)cc1)c1ccccc1Cl. The molecule has 1 heterocycles. The molecule has 3 aromatic rings. The first-order valence-corrected chi connectivity index (χ1v) is 7.58. The maximum atomic E-state index is 12.4. The van der Waals surface area contributed by atoms with Crippen LogP contribution in [0.25, 0.3) is 0 Å². The first-order valence-electron chi connectivity index (χ1n) is 7.20. The highest BCUT2D eigenvalue weighted by molar-refractivity contribution is 6.34. The van der Waals surface area contributed by atoms with Crippen LogP contribution in [0.1, 0.15) is 10.4 Å². The molecular weight excluding hydrogens is 326 g/mol. The molecule has 3 rings (SSSR count). The third kappa shape index (κ3) is 3.64. The summed E-state index contributed by atoms with van der Waals surface area (Å²) in [4.78, 5) is 16.6. The Morgan fingerprint density at radius 2 is 1.75 bits per heavy atom. The number of halogens is 1. The lowest BCUT2D eigenvalue weighted by Gasteiger charge is -2.12. The summed E-state index contributed by atoms with van der Waals surface area (Å²) in [6.45, 7) is 0. The van der Waals surface area contributed by atoms with Gasteiger partial charge < -0.3 is 15.7 Å². The highest BCUT2D eigenvalue weighted by atomic mass is 35.5. The zero-order valence-electron chi connectivity index (χ0n) is 12.5. The van der Waals surface area contributed by atoms with Crippen molar-refractivity contribution in [2.24, 2.45) is 0 Å². The number of benzene rings is 2. The highest BCUT2D eigenvalue weighted by Gasteiger charge is 2.12. The fourth-order valence-electron chi connectivity index (χ4n) is 2.12. The van der Waals surface area contributed by atoms with Crippen molar-refractivity contribution in [1.82, 2.24) is 4.98 Å². The number of phenolic OH excluding ortho intramolecular Hbond substituents is 1. The van der Waals surface area contributed by atoms with Crippen LogP contribution < -0.4 is 10.6 Å². The number of carbonyl (C=O) groups excluding carboxylic acids is 1. The predicted molar refractivity (Wildman–Crippen MR) is 95.0 cm³/mol. The summed E-state index contributed by atoms with van der Waals surface area (Å²) in [6.07, 6.45) is 1.62. The quantitative estimate of drug-likeness (QED) is 0.614. The molecule has 0 saturated carbocycles. The normalized spacial score (nSPS) is 10.2. The van der Waals surface area contributed by atoms with E-state index in [-0.39, 0.29) is 11.7 Å². The van der Waals surface area contributed by atoms with Crippen LogP contribution in [0.4, 0.5) is 17.2 Å². The highest BCUT2D eigenvalue weighted by Crippen LogP contribution is 2.25. The molecule has 0 bridgehead atoms. The number of pyridine rings is 1. The number of rotatable bonds is 4. The Morgan fingerprint density at radius 3 is 2.50 bits per heavy atom. The molecule has 0 spiro atoms. The average Bonchev–Trinajstić information content (AvgIpc) is 2.59. The van der Waals surface area contributed by atoms with Gasteiger partial charge in [-0.2, -0.15) is 0 Å². The Labute approximate surface area is 143 Å². The maximum absolute atomic E-state index is 12.4. The molecule has 1 amide bonds. The monoisotopic (exact) mass is 339 g/mol. The average molecular weight is 340 g/mol. The van der Waals surface area contributed by atoms with Gasteiger partial charge in [0.05, 0.1) is 16.3 Å². The number of carbonyl (C=O) groups is 1. The Bertz CT molecular complexity index is 866. The van der Waals surface area contributed by atoms with Crippen LogP contribution in [0.3, 0.4) is 0 Å². The molecule has 120 valence electrons. The molecule has 1 aromatic heterocycles. The van der Waals surface area contributed by atoms with E-state index in [9.17, 15) is 9.90 Å². The predicted octanol–water partition coefficient (Wildman–Crippen LogP) is 4.44. The zero-order chi connectivity index (χ0) is 16.9. The number of hydrogen-bond donors (Lipinski definition) is 3. The molecule has 0 aliphatic heterocycles. The smallest absolute Gasteiger partial charge is 0.257 e. The van der Waals surface area contributed by atoms with Gasteiger partial charge in [-0.25, -0.2) is 4.98 Å². The van der Waals surface area contributed by atoms with Crippen LogP contribution in [-0.2, 0) is 0 Å². The van der Waals surface area contributed by atoms with E-state index in [0.29, 0.717) is 22.1 Å². The Morgan fingerprint density at radius 1 is 1.00 bits per heavy atom. The van der Waals surface area contributed by atoms with Crippen molar-refractivity contribution in [2.45, 2.75) is 0 Å². The van der Waals surface area contributed by atoms with Gasteiger partial charge in [0.15, 0.2) is 5.82 Å². The van der Waals surface area contributed by atoms with Crippen LogP contribution in [0.15, 0.2) is 66.9 Å². The molecule has 0 fully saturated rings. The van der Waals surface area contributed by atoms with Crippen molar-refractivity contribution in [3.05, 3.63) is 77.4 Å². The minimum atomic E-state index is -0.317. The van der Waals surface area contributed by atoms with Gasteiger partial charge in [0.1, 0.15) is 5.75 Å². The molecule has 3 N–H and O–H groups in total. The van der Waals surface area contributed by atoms with E-state index in [2.05, 4.69) is 15.6 Å². The van der Waals surface area contributed by atoms with Crippen molar-refractivity contribution in [2.75, 3.05) is 10.6 Å².